The number of carbonyl (C=O) groups is 1. The molecule has 0 aliphatic rings. The van der Waals surface area contributed by atoms with E-state index in [9.17, 15) is 9.90 Å². The van der Waals surface area contributed by atoms with E-state index in [1.165, 1.54) is 5.56 Å². The van der Waals surface area contributed by atoms with E-state index in [2.05, 4.69) is 26.1 Å². The average molecular weight is 363 g/mol. The topological polar surface area (TPSA) is 75.3 Å². The summed E-state index contributed by atoms with van der Waals surface area (Å²) in [6, 6.07) is 15.1. The largest absolute Gasteiger partial charge is 0.399 e. The molecule has 0 heterocycles. The molecule has 0 saturated carbocycles. The highest BCUT2D eigenvalue weighted by atomic mass is 35.5. The third-order valence-electron chi connectivity index (χ3n) is 4.00. The van der Waals surface area contributed by atoms with Crippen LogP contribution in [0.5, 0.6) is 0 Å². The lowest BCUT2D eigenvalue weighted by Gasteiger charge is -2.20. The standard InChI is InChI=1S/C20H26N2O2.ClH/c1-20(2,3)16-8-6-15(7-9-16)18(23)13-22-19(24)12-14-4-10-17(21)11-5-14;/h4-11,18,23H,12-13,21H2,1-3H3,(H,22,24);1H. The second-order valence-corrected chi connectivity index (χ2v) is 7.11. The van der Waals surface area contributed by atoms with Crippen LogP contribution >= 0.6 is 12.4 Å². The van der Waals surface area contributed by atoms with E-state index < -0.39 is 6.10 Å². The molecule has 5 heteroatoms. The van der Waals surface area contributed by atoms with E-state index >= 15 is 0 Å². The predicted octanol–water partition coefficient (Wildman–Crippen LogP) is 3.38. The van der Waals surface area contributed by atoms with Crippen LogP contribution in [-0.2, 0) is 16.6 Å². The van der Waals surface area contributed by atoms with Crippen molar-refractivity contribution in [3.8, 4) is 0 Å². The Hall–Kier alpha value is -2.04. The number of aliphatic hydroxyl groups is 1. The molecule has 25 heavy (non-hydrogen) atoms. The maximum absolute atomic E-state index is 12.0. The molecule has 0 aromatic heterocycles. The molecule has 0 aliphatic carbocycles. The fourth-order valence-electron chi connectivity index (χ4n) is 2.42. The summed E-state index contributed by atoms with van der Waals surface area (Å²) in [5, 5.41) is 13.0. The zero-order valence-electron chi connectivity index (χ0n) is 15.0. The van der Waals surface area contributed by atoms with Crippen molar-refractivity contribution in [2.24, 2.45) is 0 Å². The summed E-state index contributed by atoms with van der Waals surface area (Å²) in [6.45, 7) is 6.64. The number of carbonyl (C=O) groups excluding carboxylic acids is 1. The van der Waals surface area contributed by atoms with Gasteiger partial charge in [0.25, 0.3) is 0 Å². The van der Waals surface area contributed by atoms with Crippen molar-refractivity contribution in [1.82, 2.24) is 5.32 Å². The molecule has 0 saturated heterocycles. The Morgan fingerprint density at radius 2 is 1.64 bits per heavy atom. The molecule has 4 nitrogen and oxygen atoms in total. The van der Waals surface area contributed by atoms with Gasteiger partial charge >= 0.3 is 0 Å². The highest BCUT2D eigenvalue weighted by molar-refractivity contribution is 5.85. The molecule has 0 bridgehead atoms. The van der Waals surface area contributed by atoms with Crippen molar-refractivity contribution in [1.29, 1.82) is 0 Å². The summed E-state index contributed by atoms with van der Waals surface area (Å²) in [5.41, 5.74) is 9.29. The smallest absolute Gasteiger partial charge is 0.224 e. The van der Waals surface area contributed by atoms with Gasteiger partial charge in [-0.25, -0.2) is 0 Å². The van der Waals surface area contributed by atoms with Crippen molar-refractivity contribution >= 4 is 24.0 Å². The molecular formula is C20H27ClN2O2. The molecule has 0 fully saturated rings. The fraction of sp³-hybridized carbons (Fsp3) is 0.350. The number of amides is 1. The third kappa shape index (κ3) is 6.40. The predicted molar refractivity (Wildman–Crippen MR) is 105 cm³/mol. The van der Waals surface area contributed by atoms with E-state index in [0.29, 0.717) is 5.69 Å². The molecule has 1 atom stereocenters. The van der Waals surface area contributed by atoms with Gasteiger partial charge in [0.15, 0.2) is 0 Å². The summed E-state index contributed by atoms with van der Waals surface area (Å²) >= 11 is 0. The maximum atomic E-state index is 12.0. The number of anilines is 1. The number of hydrogen-bond donors (Lipinski definition) is 3. The summed E-state index contributed by atoms with van der Waals surface area (Å²) < 4.78 is 0. The molecule has 2 aromatic rings. The Kier molecular flexibility index (Phi) is 7.46. The average Bonchev–Trinajstić information content (AvgIpc) is 2.54. The number of hydrogen-bond acceptors (Lipinski definition) is 3. The number of nitrogen functional groups attached to an aromatic ring is 1. The number of aliphatic hydroxyl groups excluding tert-OH is 1. The van der Waals surface area contributed by atoms with Crippen LogP contribution in [0, 0.1) is 0 Å². The van der Waals surface area contributed by atoms with E-state index in [0.717, 1.165) is 11.1 Å². The summed E-state index contributed by atoms with van der Waals surface area (Å²) in [6.07, 6.45) is -0.440. The first kappa shape index (κ1) is 21.0. The van der Waals surface area contributed by atoms with Gasteiger partial charge < -0.3 is 16.2 Å². The van der Waals surface area contributed by atoms with Crippen LogP contribution in [0.3, 0.4) is 0 Å². The summed E-state index contributed by atoms with van der Waals surface area (Å²) in [5.74, 6) is -0.120. The Labute approximate surface area is 155 Å². The Bertz CT molecular complexity index is 676. The lowest BCUT2D eigenvalue weighted by molar-refractivity contribution is -0.120. The first-order valence-corrected chi connectivity index (χ1v) is 8.15. The van der Waals surface area contributed by atoms with Gasteiger partial charge in [-0.3, -0.25) is 4.79 Å². The lowest BCUT2D eigenvalue weighted by atomic mass is 9.86. The van der Waals surface area contributed by atoms with E-state index in [1.54, 1.807) is 12.1 Å². The molecule has 0 spiro atoms. The number of halogens is 1. The van der Waals surface area contributed by atoms with Gasteiger partial charge in [-0.15, -0.1) is 12.4 Å². The molecule has 2 aromatic carbocycles. The Morgan fingerprint density at radius 3 is 2.16 bits per heavy atom. The van der Waals surface area contributed by atoms with Gasteiger partial charge in [0.2, 0.25) is 5.91 Å². The minimum Gasteiger partial charge on any atom is -0.399 e. The molecule has 1 unspecified atom stereocenters. The van der Waals surface area contributed by atoms with Crippen molar-refractivity contribution in [3.05, 3.63) is 65.2 Å². The van der Waals surface area contributed by atoms with Gasteiger partial charge in [0.1, 0.15) is 0 Å². The summed E-state index contributed by atoms with van der Waals surface area (Å²) in [7, 11) is 0. The van der Waals surface area contributed by atoms with Crippen LogP contribution in [-0.4, -0.2) is 17.6 Å². The van der Waals surface area contributed by atoms with Crippen molar-refractivity contribution < 1.29 is 9.90 Å². The maximum Gasteiger partial charge on any atom is 0.224 e. The highest BCUT2D eigenvalue weighted by Gasteiger charge is 2.15. The number of nitrogens with one attached hydrogen (secondary N) is 1. The van der Waals surface area contributed by atoms with Crippen LogP contribution in [0.25, 0.3) is 0 Å². The number of nitrogens with two attached hydrogens (primary N) is 1. The molecular weight excluding hydrogens is 336 g/mol. The molecule has 0 radical (unpaired) electrons. The van der Waals surface area contributed by atoms with Crippen LogP contribution in [0.2, 0.25) is 0 Å². The second-order valence-electron chi connectivity index (χ2n) is 7.11. The Balaban J connectivity index is 0.00000312. The minimum absolute atomic E-state index is 0. The van der Waals surface area contributed by atoms with Crippen LogP contribution in [0.15, 0.2) is 48.5 Å². The second kappa shape index (κ2) is 8.88. The van der Waals surface area contributed by atoms with Crippen molar-refractivity contribution in [2.75, 3.05) is 12.3 Å². The van der Waals surface area contributed by atoms with Gasteiger partial charge in [-0.1, -0.05) is 57.2 Å². The lowest BCUT2D eigenvalue weighted by Crippen LogP contribution is -2.29. The zero-order chi connectivity index (χ0) is 17.7. The molecule has 0 aliphatic heterocycles. The molecule has 2 rings (SSSR count). The van der Waals surface area contributed by atoms with E-state index in [4.69, 9.17) is 5.73 Å². The normalized spacial score (nSPS) is 12.2. The van der Waals surface area contributed by atoms with E-state index in [1.807, 2.05) is 36.4 Å². The molecule has 136 valence electrons. The first-order valence-electron chi connectivity index (χ1n) is 8.15. The van der Waals surface area contributed by atoms with Crippen molar-refractivity contribution in [2.45, 2.75) is 38.7 Å². The quantitative estimate of drug-likeness (QED) is 0.714. The first-order chi connectivity index (χ1) is 11.3. The fourth-order valence-corrected chi connectivity index (χ4v) is 2.42. The Morgan fingerprint density at radius 1 is 1.08 bits per heavy atom. The van der Waals surface area contributed by atoms with Gasteiger partial charge in [0.05, 0.1) is 12.5 Å². The zero-order valence-corrected chi connectivity index (χ0v) is 15.8. The van der Waals surface area contributed by atoms with Crippen LogP contribution in [0.4, 0.5) is 5.69 Å². The van der Waals surface area contributed by atoms with Gasteiger partial charge in [0, 0.05) is 12.2 Å². The molecule has 4 N–H and O–H groups in total. The van der Waals surface area contributed by atoms with E-state index in [-0.39, 0.29) is 36.7 Å². The highest BCUT2D eigenvalue weighted by Crippen LogP contribution is 2.23. The molecule has 1 amide bonds. The van der Waals surface area contributed by atoms with Crippen LogP contribution < -0.4 is 11.1 Å². The van der Waals surface area contributed by atoms with Gasteiger partial charge in [-0.2, -0.15) is 0 Å². The SMILES string of the molecule is CC(C)(C)c1ccc(C(O)CNC(=O)Cc2ccc(N)cc2)cc1.Cl. The summed E-state index contributed by atoms with van der Waals surface area (Å²) in [4.78, 5) is 12.0. The number of benzene rings is 2. The van der Waals surface area contributed by atoms with Crippen molar-refractivity contribution in [3.63, 3.8) is 0 Å². The van der Waals surface area contributed by atoms with Gasteiger partial charge in [-0.05, 0) is 34.2 Å². The number of rotatable bonds is 5. The monoisotopic (exact) mass is 362 g/mol. The third-order valence-corrected chi connectivity index (χ3v) is 4.00. The van der Waals surface area contributed by atoms with Crippen LogP contribution in [0.1, 0.15) is 43.6 Å². The minimum atomic E-state index is -0.714.